The number of rotatable bonds is 17. The Morgan fingerprint density at radius 2 is 1.55 bits per heavy atom. The van der Waals surface area contributed by atoms with Gasteiger partial charge in [-0.15, -0.1) is 0 Å². The van der Waals surface area contributed by atoms with Gasteiger partial charge in [0.15, 0.2) is 0 Å². The zero-order chi connectivity index (χ0) is 40.4. The Kier molecular flexibility index (Phi) is 20.4. The number of nitrogens with one attached hydrogen (secondary N) is 1. The molecule has 1 atom stereocenters. The van der Waals surface area contributed by atoms with Gasteiger partial charge in [-0.25, -0.2) is 0 Å². The molecule has 0 fully saturated rings. The van der Waals surface area contributed by atoms with Crippen LogP contribution in [0.25, 0.3) is 11.1 Å². The van der Waals surface area contributed by atoms with Gasteiger partial charge in [-0.3, -0.25) is 0 Å². The summed E-state index contributed by atoms with van der Waals surface area (Å²) in [5.41, 5.74) is 11.9. The Labute approximate surface area is 339 Å². The molecule has 3 rings (SSSR count). The molecule has 0 saturated carbocycles. The van der Waals surface area contributed by atoms with E-state index in [0.717, 1.165) is 24.2 Å². The predicted molar refractivity (Wildman–Crippen MR) is 250 cm³/mol. The fourth-order valence-corrected chi connectivity index (χ4v) is 5.87. The van der Waals surface area contributed by atoms with Crippen LogP contribution in [0.1, 0.15) is 53.0 Å². The lowest BCUT2D eigenvalue weighted by atomic mass is 9.96. The van der Waals surface area contributed by atoms with E-state index in [1.54, 1.807) is 0 Å². The van der Waals surface area contributed by atoms with Crippen molar-refractivity contribution in [3.63, 3.8) is 0 Å². The molecule has 1 aliphatic rings. The molecule has 1 aliphatic carbocycles. The summed E-state index contributed by atoms with van der Waals surface area (Å²) in [6.07, 6.45) is 46.4. The van der Waals surface area contributed by atoms with Gasteiger partial charge in [0.1, 0.15) is 0 Å². The van der Waals surface area contributed by atoms with Crippen molar-refractivity contribution < 1.29 is 0 Å². The van der Waals surface area contributed by atoms with Crippen LogP contribution in [0.15, 0.2) is 241 Å². The minimum Gasteiger partial charge on any atom is -0.384 e. The third-order valence-corrected chi connectivity index (χ3v) is 8.91. The first kappa shape index (κ1) is 44.3. The molecule has 0 amide bonds. The second kappa shape index (κ2) is 25.8. The minimum absolute atomic E-state index is 0.275. The second-order valence-electron chi connectivity index (χ2n) is 13.7. The van der Waals surface area contributed by atoms with Gasteiger partial charge in [0.05, 0.1) is 0 Å². The monoisotopic (exact) mass is 738 g/mol. The summed E-state index contributed by atoms with van der Waals surface area (Å²) in [6.45, 7) is 16.5. The second-order valence-corrected chi connectivity index (χ2v) is 13.7. The molecule has 1 N–H and O–H groups in total. The van der Waals surface area contributed by atoms with E-state index in [2.05, 4.69) is 248 Å². The van der Waals surface area contributed by atoms with E-state index in [0.29, 0.717) is 0 Å². The maximum atomic E-state index is 3.78. The molecule has 1 unspecified atom stereocenters. The van der Waals surface area contributed by atoms with Crippen molar-refractivity contribution in [3.05, 3.63) is 246 Å². The summed E-state index contributed by atoms with van der Waals surface area (Å²) in [7, 11) is 2.13. The smallest absolute Gasteiger partial charge is 0.0487 e. The lowest BCUT2D eigenvalue weighted by Crippen LogP contribution is -2.22. The van der Waals surface area contributed by atoms with Crippen molar-refractivity contribution in [1.29, 1.82) is 0 Å². The van der Waals surface area contributed by atoms with Crippen molar-refractivity contribution in [2.75, 3.05) is 11.9 Å². The highest BCUT2D eigenvalue weighted by atomic mass is 15.1. The van der Waals surface area contributed by atoms with Crippen LogP contribution in [-0.4, -0.2) is 13.1 Å². The first-order valence-electron chi connectivity index (χ1n) is 19.6. The number of nitrogens with zero attached hydrogens (tertiary/aromatic N) is 1. The fraction of sp³-hybridized carbons (Fsp3) is 0.185. The Morgan fingerprint density at radius 1 is 0.804 bits per heavy atom. The van der Waals surface area contributed by atoms with Crippen LogP contribution < -0.4 is 10.2 Å². The maximum Gasteiger partial charge on any atom is 0.0487 e. The largest absolute Gasteiger partial charge is 0.384 e. The molecule has 0 saturated heterocycles. The van der Waals surface area contributed by atoms with Crippen LogP contribution in [0.4, 0.5) is 5.69 Å². The number of aryl methyl sites for hydroxylation is 1. The first-order valence-corrected chi connectivity index (χ1v) is 19.6. The lowest BCUT2D eigenvalue weighted by molar-refractivity contribution is 0.702. The van der Waals surface area contributed by atoms with Crippen molar-refractivity contribution in [2.24, 2.45) is 0 Å². The van der Waals surface area contributed by atoms with Crippen molar-refractivity contribution in [1.82, 2.24) is 5.32 Å². The van der Waals surface area contributed by atoms with Crippen LogP contribution in [0.2, 0.25) is 0 Å². The van der Waals surface area contributed by atoms with Gasteiger partial charge < -0.3 is 10.2 Å². The predicted octanol–water partition coefficient (Wildman–Crippen LogP) is 14.6. The zero-order valence-corrected chi connectivity index (χ0v) is 34.7. The molecular formula is C54H62N2. The van der Waals surface area contributed by atoms with E-state index in [-0.39, 0.29) is 6.04 Å². The van der Waals surface area contributed by atoms with Crippen LogP contribution >= 0.6 is 0 Å². The minimum atomic E-state index is 0.275. The highest BCUT2D eigenvalue weighted by molar-refractivity contribution is 5.79. The molecule has 2 aromatic rings. The Morgan fingerprint density at radius 3 is 2.25 bits per heavy atom. The van der Waals surface area contributed by atoms with Crippen LogP contribution in [-0.2, 0) is 0 Å². The first-order chi connectivity index (χ1) is 27.3. The molecular weight excluding hydrogens is 677 g/mol. The van der Waals surface area contributed by atoms with Gasteiger partial charge in [0.25, 0.3) is 0 Å². The number of hydrogen-bond donors (Lipinski definition) is 1. The Hall–Kier alpha value is -6.12. The Bertz CT molecular complexity index is 2040. The Balaban J connectivity index is 1.65. The number of anilines is 1. The number of allylic oxidation sites excluding steroid dienone is 23. The van der Waals surface area contributed by atoms with Gasteiger partial charge in [-0.05, 0) is 113 Å². The van der Waals surface area contributed by atoms with Gasteiger partial charge in [0.2, 0.25) is 0 Å². The van der Waals surface area contributed by atoms with E-state index in [1.807, 2.05) is 18.4 Å². The summed E-state index contributed by atoms with van der Waals surface area (Å²) in [5, 5.41) is 3.52. The quantitative estimate of drug-likeness (QED) is 0.163. The normalized spacial score (nSPS) is 15.7. The molecule has 0 heterocycles. The van der Waals surface area contributed by atoms with E-state index >= 15 is 0 Å². The lowest BCUT2D eigenvalue weighted by Gasteiger charge is -2.23. The van der Waals surface area contributed by atoms with Gasteiger partial charge in [-0.1, -0.05) is 188 Å². The topological polar surface area (TPSA) is 15.3 Å². The average Bonchev–Trinajstić information content (AvgIpc) is 3.20. The zero-order valence-electron chi connectivity index (χ0n) is 34.7. The number of likely N-dealkylation sites (N-methyl/N-ethyl adjacent to an activating group) is 1. The van der Waals surface area contributed by atoms with Crippen molar-refractivity contribution >= 4 is 5.69 Å². The summed E-state index contributed by atoms with van der Waals surface area (Å²) in [6, 6.07) is 25.8. The molecule has 0 spiro atoms. The van der Waals surface area contributed by atoms with Crippen LogP contribution in [0, 0.1) is 6.92 Å². The van der Waals surface area contributed by atoms with E-state index in [4.69, 9.17) is 0 Å². The average molecular weight is 739 g/mol. The summed E-state index contributed by atoms with van der Waals surface area (Å²) < 4.78 is 0. The molecule has 0 radical (unpaired) electrons. The molecule has 288 valence electrons. The van der Waals surface area contributed by atoms with Gasteiger partial charge in [-0.2, -0.15) is 0 Å². The van der Waals surface area contributed by atoms with Gasteiger partial charge in [0, 0.05) is 30.0 Å². The molecule has 2 aromatic carbocycles. The third-order valence-electron chi connectivity index (χ3n) is 8.91. The molecule has 2 heteroatoms. The highest BCUT2D eigenvalue weighted by Gasteiger charge is 2.10. The van der Waals surface area contributed by atoms with E-state index < -0.39 is 0 Å². The number of hydrogen-bond acceptors (Lipinski definition) is 2. The summed E-state index contributed by atoms with van der Waals surface area (Å²) in [4.78, 5) is 2.26. The molecule has 56 heavy (non-hydrogen) atoms. The van der Waals surface area contributed by atoms with Crippen molar-refractivity contribution in [3.8, 4) is 11.1 Å². The molecule has 0 bridgehead atoms. The van der Waals surface area contributed by atoms with Crippen LogP contribution in [0.5, 0.6) is 0 Å². The molecule has 2 nitrogen and oxygen atoms in total. The third kappa shape index (κ3) is 16.1. The maximum absolute atomic E-state index is 3.78. The van der Waals surface area contributed by atoms with E-state index in [9.17, 15) is 0 Å². The number of benzene rings is 1. The van der Waals surface area contributed by atoms with E-state index in [1.165, 1.54) is 44.6 Å². The SMILES string of the molecule is C=C/C=C\C(=C/C)C1=CCC(N/C=C/C=C(C=C(C)C)/C(C)=C/C=C\C=C\CC=C/C=C(\C=C/C)N(C)c2cccccc(C)ccc2-c2ccccc2)C=C1. The highest BCUT2D eigenvalue weighted by Crippen LogP contribution is 2.31. The van der Waals surface area contributed by atoms with Gasteiger partial charge >= 0.3 is 0 Å². The molecule has 0 aliphatic heterocycles. The fourth-order valence-electron chi connectivity index (χ4n) is 5.87. The molecule has 0 aromatic heterocycles. The summed E-state index contributed by atoms with van der Waals surface area (Å²) in [5.74, 6) is 0. The standard InChI is InChI=1S/C54H62N2/c1-9-12-30-47(11-3)48-37-39-51(40-38-48)55-42-26-33-50(43-44(4)5)46(7)29-21-16-14-13-15-17-24-34-52(27-10-2)56(8)54-35-25-18-20-28-45(6)36-41-53(54)49-31-22-19-23-32-49/h9-14,16-39,41-43,51,55H,1,15,40H2,2-8H3/b14-13+,20-18?,21-16-,24-17?,25-18?,27-10-,28-20?,30-12-,35-25?,41-36?,42-26+,45-28?,45-36?,46-29+,47-11+,50-33+,52-34+,53-41?,54-35?,54-53?. The van der Waals surface area contributed by atoms with Crippen LogP contribution in [0.3, 0.4) is 0 Å². The summed E-state index contributed by atoms with van der Waals surface area (Å²) >= 11 is 0. The van der Waals surface area contributed by atoms with Crippen molar-refractivity contribution in [2.45, 2.75) is 60.4 Å².